The van der Waals surface area contributed by atoms with Crippen LogP contribution in [0.25, 0.3) is 22.6 Å². The molecule has 1 aromatic carbocycles. The number of aromatic nitrogens is 3. The number of pyridine rings is 1. The number of rotatable bonds is 2. The first kappa shape index (κ1) is 13.1. The summed E-state index contributed by atoms with van der Waals surface area (Å²) in [5, 5.41) is 0. The summed E-state index contributed by atoms with van der Waals surface area (Å²) in [5.41, 5.74) is 2.11. The Kier molecular flexibility index (Phi) is 3.17. The predicted octanol–water partition coefficient (Wildman–Crippen LogP) is 3.59. The van der Waals surface area contributed by atoms with E-state index in [4.69, 9.17) is 0 Å². The quantitative estimate of drug-likeness (QED) is 0.778. The summed E-state index contributed by atoms with van der Waals surface area (Å²) in [6, 6.07) is 8.33. The third kappa shape index (κ3) is 2.27. The molecule has 2 aromatic heterocycles. The van der Waals surface area contributed by atoms with Crippen molar-refractivity contribution in [1.29, 1.82) is 0 Å². The highest BCUT2D eigenvalue weighted by molar-refractivity contribution is 9.10. The van der Waals surface area contributed by atoms with Crippen LogP contribution in [0.5, 0.6) is 0 Å². The number of H-pyrrole nitrogens is 1. The van der Waals surface area contributed by atoms with Crippen molar-refractivity contribution < 1.29 is 4.39 Å². The Morgan fingerprint density at radius 2 is 1.95 bits per heavy atom. The third-order valence-electron chi connectivity index (χ3n) is 2.97. The van der Waals surface area contributed by atoms with Crippen LogP contribution in [0, 0.1) is 5.82 Å². The molecule has 0 aliphatic rings. The molecule has 0 atom stereocenters. The van der Waals surface area contributed by atoms with Crippen LogP contribution >= 0.6 is 15.9 Å². The second kappa shape index (κ2) is 4.86. The number of nitrogens with zero attached hydrogens (tertiary/aromatic N) is 3. The van der Waals surface area contributed by atoms with Gasteiger partial charge in [-0.15, -0.1) is 0 Å². The molecule has 20 heavy (non-hydrogen) atoms. The van der Waals surface area contributed by atoms with Crippen molar-refractivity contribution in [2.75, 3.05) is 19.0 Å². The van der Waals surface area contributed by atoms with Crippen molar-refractivity contribution in [2.45, 2.75) is 0 Å². The second-order valence-electron chi connectivity index (χ2n) is 4.64. The van der Waals surface area contributed by atoms with E-state index < -0.39 is 0 Å². The molecule has 2 heterocycles. The SMILES string of the molecule is CN(C)c1ccc2[nH]c(-c3cc(F)ccc3Br)nc2n1. The van der Waals surface area contributed by atoms with Crippen molar-refractivity contribution in [2.24, 2.45) is 0 Å². The summed E-state index contributed by atoms with van der Waals surface area (Å²) < 4.78 is 14.2. The smallest absolute Gasteiger partial charge is 0.180 e. The molecule has 0 aliphatic carbocycles. The van der Waals surface area contributed by atoms with E-state index in [0.29, 0.717) is 17.0 Å². The number of anilines is 1. The molecule has 3 aromatic rings. The van der Waals surface area contributed by atoms with Gasteiger partial charge in [0.05, 0.1) is 5.52 Å². The third-order valence-corrected chi connectivity index (χ3v) is 3.66. The second-order valence-corrected chi connectivity index (χ2v) is 5.50. The molecule has 0 bridgehead atoms. The van der Waals surface area contributed by atoms with Crippen LogP contribution in [0.3, 0.4) is 0 Å². The zero-order valence-corrected chi connectivity index (χ0v) is 12.6. The van der Waals surface area contributed by atoms with E-state index in [1.165, 1.54) is 12.1 Å². The number of benzene rings is 1. The van der Waals surface area contributed by atoms with Gasteiger partial charge >= 0.3 is 0 Å². The molecule has 0 unspecified atom stereocenters. The Bertz CT molecular complexity index is 782. The average molecular weight is 335 g/mol. The maximum atomic E-state index is 13.4. The molecular weight excluding hydrogens is 323 g/mol. The summed E-state index contributed by atoms with van der Waals surface area (Å²) in [4.78, 5) is 14.0. The molecule has 0 radical (unpaired) electrons. The van der Waals surface area contributed by atoms with Gasteiger partial charge in [0.25, 0.3) is 0 Å². The van der Waals surface area contributed by atoms with Gasteiger partial charge in [-0.25, -0.2) is 14.4 Å². The molecule has 1 N–H and O–H groups in total. The van der Waals surface area contributed by atoms with Crippen molar-refractivity contribution in [3.05, 3.63) is 40.6 Å². The number of aromatic amines is 1. The van der Waals surface area contributed by atoms with Crippen molar-refractivity contribution in [3.8, 4) is 11.4 Å². The lowest BCUT2D eigenvalue weighted by Crippen LogP contribution is -2.10. The summed E-state index contributed by atoms with van der Waals surface area (Å²) in [6.07, 6.45) is 0. The first-order valence-electron chi connectivity index (χ1n) is 6.04. The van der Waals surface area contributed by atoms with Gasteiger partial charge in [-0.3, -0.25) is 0 Å². The van der Waals surface area contributed by atoms with Crippen LogP contribution in [0.4, 0.5) is 10.2 Å². The Hall–Kier alpha value is -1.95. The monoisotopic (exact) mass is 334 g/mol. The highest BCUT2D eigenvalue weighted by Crippen LogP contribution is 2.28. The predicted molar refractivity (Wildman–Crippen MR) is 81.3 cm³/mol. The van der Waals surface area contributed by atoms with Gasteiger partial charge in [0.1, 0.15) is 17.5 Å². The molecule has 0 fully saturated rings. The number of imidazole rings is 1. The highest BCUT2D eigenvalue weighted by atomic mass is 79.9. The van der Waals surface area contributed by atoms with E-state index in [-0.39, 0.29) is 5.82 Å². The van der Waals surface area contributed by atoms with Gasteiger partial charge in [-0.1, -0.05) is 15.9 Å². The fourth-order valence-corrected chi connectivity index (χ4v) is 2.37. The van der Waals surface area contributed by atoms with Crippen molar-refractivity contribution in [1.82, 2.24) is 15.0 Å². The van der Waals surface area contributed by atoms with Crippen LogP contribution in [0.1, 0.15) is 0 Å². The fraction of sp³-hybridized carbons (Fsp3) is 0.143. The zero-order valence-electron chi connectivity index (χ0n) is 11.0. The summed E-state index contributed by atoms with van der Waals surface area (Å²) in [6.45, 7) is 0. The number of halogens is 2. The molecule has 4 nitrogen and oxygen atoms in total. The van der Waals surface area contributed by atoms with Crippen molar-refractivity contribution in [3.63, 3.8) is 0 Å². The van der Waals surface area contributed by atoms with Crippen LogP contribution < -0.4 is 4.90 Å². The van der Waals surface area contributed by atoms with Crippen LogP contribution in [-0.4, -0.2) is 29.0 Å². The number of fused-ring (bicyclic) bond motifs is 1. The summed E-state index contributed by atoms with van der Waals surface area (Å²) in [5.74, 6) is 1.12. The lowest BCUT2D eigenvalue weighted by atomic mass is 10.2. The van der Waals surface area contributed by atoms with Crippen LogP contribution in [-0.2, 0) is 0 Å². The van der Waals surface area contributed by atoms with Crippen LogP contribution in [0.2, 0.25) is 0 Å². The minimum Gasteiger partial charge on any atom is -0.363 e. The highest BCUT2D eigenvalue weighted by Gasteiger charge is 2.11. The largest absolute Gasteiger partial charge is 0.363 e. The number of hydrogen-bond donors (Lipinski definition) is 1. The molecule has 6 heteroatoms. The summed E-state index contributed by atoms with van der Waals surface area (Å²) in [7, 11) is 3.84. The van der Waals surface area contributed by atoms with E-state index in [1.807, 2.05) is 31.1 Å². The number of hydrogen-bond acceptors (Lipinski definition) is 3. The van der Waals surface area contributed by atoms with Crippen molar-refractivity contribution >= 4 is 32.9 Å². The van der Waals surface area contributed by atoms with E-state index in [1.54, 1.807) is 6.07 Å². The van der Waals surface area contributed by atoms with E-state index in [0.717, 1.165) is 15.8 Å². The minimum absolute atomic E-state index is 0.300. The standard InChI is InChI=1S/C14H12BrFN4/c1-20(2)12-6-5-11-14(18-12)19-13(17-11)9-7-8(16)3-4-10(9)15/h3-7H,1-2H3,(H,17,18,19). The Balaban J connectivity index is 2.15. The first-order chi connectivity index (χ1) is 9.54. The molecule has 3 rings (SSSR count). The first-order valence-corrected chi connectivity index (χ1v) is 6.83. The Morgan fingerprint density at radius 1 is 1.15 bits per heavy atom. The lowest BCUT2D eigenvalue weighted by Gasteiger charge is -2.09. The van der Waals surface area contributed by atoms with Gasteiger partial charge in [0.2, 0.25) is 0 Å². The van der Waals surface area contributed by atoms with Gasteiger partial charge in [0, 0.05) is 24.1 Å². The molecule has 102 valence electrons. The van der Waals surface area contributed by atoms with Gasteiger partial charge < -0.3 is 9.88 Å². The fourth-order valence-electron chi connectivity index (χ4n) is 1.94. The molecular formula is C14H12BrFN4. The Morgan fingerprint density at radius 3 is 2.70 bits per heavy atom. The molecule has 0 spiro atoms. The zero-order chi connectivity index (χ0) is 14.3. The molecule has 0 saturated carbocycles. The minimum atomic E-state index is -0.300. The molecule has 0 aliphatic heterocycles. The number of nitrogens with one attached hydrogen (secondary N) is 1. The average Bonchev–Trinajstić information content (AvgIpc) is 2.83. The lowest BCUT2D eigenvalue weighted by molar-refractivity contribution is 0.628. The normalized spacial score (nSPS) is 11.0. The maximum Gasteiger partial charge on any atom is 0.180 e. The van der Waals surface area contributed by atoms with Gasteiger partial charge in [0.15, 0.2) is 5.65 Å². The van der Waals surface area contributed by atoms with E-state index in [9.17, 15) is 4.39 Å². The van der Waals surface area contributed by atoms with Gasteiger partial charge in [-0.05, 0) is 30.3 Å². The van der Waals surface area contributed by atoms with Crippen LogP contribution in [0.15, 0.2) is 34.8 Å². The van der Waals surface area contributed by atoms with E-state index >= 15 is 0 Å². The Labute approximate surface area is 123 Å². The topological polar surface area (TPSA) is 44.8 Å². The van der Waals surface area contributed by atoms with E-state index in [2.05, 4.69) is 30.9 Å². The molecule has 0 amide bonds. The maximum absolute atomic E-state index is 13.4. The van der Waals surface area contributed by atoms with Gasteiger partial charge in [-0.2, -0.15) is 0 Å². The summed E-state index contributed by atoms with van der Waals surface area (Å²) >= 11 is 3.41. The molecule has 0 saturated heterocycles.